The van der Waals surface area contributed by atoms with Crippen LogP contribution in [-0.4, -0.2) is 38.0 Å². The van der Waals surface area contributed by atoms with Gasteiger partial charge in [0.1, 0.15) is 5.75 Å². The molecule has 7 heteroatoms. The number of hydrogen-bond donors (Lipinski definition) is 4. The van der Waals surface area contributed by atoms with Crippen LogP contribution in [0.5, 0.6) is 17.2 Å². The van der Waals surface area contributed by atoms with Gasteiger partial charge in [0.2, 0.25) is 0 Å². The van der Waals surface area contributed by atoms with Crippen molar-refractivity contribution in [3.05, 3.63) is 52.1 Å². The molecule has 0 fully saturated rings. The summed E-state index contributed by atoms with van der Waals surface area (Å²) in [5, 5.41) is 38.3. The number of carboxylic acids is 1. The average Bonchev–Trinajstić information content (AvgIpc) is 2.47. The standard InChI is InChI=1S/C15H8O7/c16-7-4-8(17)13(19)11-10(7)14(20)9-5(12(11)18)2-1-3-6(9)15(21)22/h1-4,16-17,19H,(H,21,22). The molecule has 0 unspecified atom stereocenters. The minimum absolute atomic E-state index is 0.210. The first-order valence-corrected chi connectivity index (χ1v) is 6.08. The second kappa shape index (κ2) is 4.32. The summed E-state index contributed by atoms with van der Waals surface area (Å²) >= 11 is 0. The number of phenols is 3. The molecule has 110 valence electrons. The zero-order valence-electron chi connectivity index (χ0n) is 10.8. The number of rotatable bonds is 1. The third-order valence-electron chi connectivity index (χ3n) is 3.48. The van der Waals surface area contributed by atoms with E-state index < -0.39 is 45.9 Å². The lowest BCUT2D eigenvalue weighted by Gasteiger charge is -2.20. The molecule has 0 aromatic heterocycles. The van der Waals surface area contributed by atoms with Crippen LogP contribution in [-0.2, 0) is 0 Å². The molecule has 0 amide bonds. The van der Waals surface area contributed by atoms with E-state index in [2.05, 4.69) is 0 Å². The van der Waals surface area contributed by atoms with E-state index in [0.29, 0.717) is 6.07 Å². The molecule has 2 aromatic rings. The Bertz CT molecular complexity index is 880. The maximum Gasteiger partial charge on any atom is 0.336 e. The normalized spacial score (nSPS) is 12.7. The number of carbonyl (C=O) groups excluding carboxylic acids is 2. The number of carboxylic acid groups (broad SMARTS) is 1. The highest BCUT2D eigenvalue weighted by Gasteiger charge is 2.38. The molecule has 3 rings (SSSR count). The quantitative estimate of drug-likeness (QED) is 0.393. The molecule has 7 nitrogen and oxygen atoms in total. The van der Waals surface area contributed by atoms with Gasteiger partial charge in [-0.2, -0.15) is 0 Å². The van der Waals surface area contributed by atoms with Crippen molar-refractivity contribution in [1.29, 1.82) is 0 Å². The van der Waals surface area contributed by atoms with Crippen LogP contribution in [0.15, 0.2) is 24.3 Å². The van der Waals surface area contributed by atoms with Gasteiger partial charge in [-0.15, -0.1) is 0 Å². The predicted molar refractivity (Wildman–Crippen MR) is 71.7 cm³/mol. The number of carbonyl (C=O) groups is 3. The smallest absolute Gasteiger partial charge is 0.336 e. The van der Waals surface area contributed by atoms with E-state index in [1.807, 2.05) is 0 Å². The van der Waals surface area contributed by atoms with Crippen LogP contribution in [0.1, 0.15) is 42.2 Å². The van der Waals surface area contributed by atoms with Crippen molar-refractivity contribution in [2.75, 3.05) is 0 Å². The summed E-state index contributed by atoms with van der Waals surface area (Å²) in [6.07, 6.45) is 0. The molecule has 2 aromatic carbocycles. The molecule has 22 heavy (non-hydrogen) atoms. The molecule has 0 saturated carbocycles. The second-order valence-electron chi connectivity index (χ2n) is 4.70. The van der Waals surface area contributed by atoms with E-state index in [4.69, 9.17) is 5.11 Å². The third kappa shape index (κ3) is 1.59. The van der Waals surface area contributed by atoms with Gasteiger partial charge < -0.3 is 20.4 Å². The Morgan fingerprint density at radius 2 is 1.55 bits per heavy atom. The van der Waals surface area contributed by atoms with Crippen LogP contribution in [0.2, 0.25) is 0 Å². The summed E-state index contributed by atoms with van der Waals surface area (Å²) in [6.45, 7) is 0. The first-order chi connectivity index (χ1) is 10.3. The van der Waals surface area contributed by atoms with Gasteiger partial charge in [0.05, 0.1) is 16.7 Å². The summed E-state index contributed by atoms with van der Waals surface area (Å²) in [6, 6.07) is 4.41. The predicted octanol–water partition coefficient (Wildman–Crippen LogP) is 1.28. The lowest BCUT2D eigenvalue weighted by molar-refractivity contribution is 0.0692. The molecule has 0 saturated heterocycles. The molecular formula is C15H8O7. The topological polar surface area (TPSA) is 132 Å². The van der Waals surface area contributed by atoms with E-state index in [1.165, 1.54) is 12.1 Å². The molecule has 0 spiro atoms. The molecule has 1 aliphatic carbocycles. The molecule has 0 heterocycles. The third-order valence-corrected chi connectivity index (χ3v) is 3.48. The Morgan fingerprint density at radius 1 is 0.864 bits per heavy atom. The Hall–Kier alpha value is -3.35. The maximum absolute atomic E-state index is 12.5. The summed E-state index contributed by atoms with van der Waals surface area (Å²) < 4.78 is 0. The van der Waals surface area contributed by atoms with Gasteiger partial charge in [-0.3, -0.25) is 9.59 Å². The van der Waals surface area contributed by atoms with Crippen molar-refractivity contribution in [2.45, 2.75) is 0 Å². The first kappa shape index (κ1) is 13.6. The van der Waals surface area contributed by atoms with E-state index in [0.717, 1.165) is 6.07 Å². The van der Waals surface area contributed by atoms with Crippen LogP contribution in [0.25, 0.3) is 0 Å². The van der Waals surface area contributed by atoms with Gasteiger partial charge in [-0.25, -0.2) is 4.79 Å². The summed E-state index contributed by atoms with van der Waals surface area (Å²) in [5.41, 5.74) is -2.02. The van der Waals surface area contributed by atoms with Crippen molar-refractivity contribution in [1.82, 2.24) is 0 Å². The molecule has 4 N–H and O–H groups in total. The van der Waals surface area contributed by atoms with Crippen LogP contribution in [0, 0.1) is 0 Å². The van der Waals surface area contributed by atoms with Gasteiger partial charge in [-0.05, 0) is 6.07 Å². The maximum atomic E-state index is 12.5. The highest BCUT2D eigenvalue weighted by Crippen LogP contribution is 2.43. The fourth-order valence-corrected chi connectivity index (χ4v) is 2.52. The number of benzene rings is 2. The van der Waals surface area contributed by atoms with Gasteiger partial charge in [0.15, 0.2) is 23.1 Å². The zero-order chi connectivity index (χ0) is 16.2. The lowest BCUT2D eigenvalue weighted by Crippen LogP contribution is -2.24. The molecule has 0 atom stereocenters. The van der Waals surface area contributed by atoms with Crippen LogP contribution in [0.4, 0.5) is 0 Å². The summed E-state index contributed by atoms with van der Waals surface area (Å²) in [7, 11) is 0. The molecule has 0 radical (unpaired) electrons. The molecular weight excluding hydrogens is 292 g/mol. The van der Waals surface area contributed by atoms with Gasteiger partial charge in [-0.1, -0.05) is 12.1 Å². The number of aromatic hydroxyl groups is 3. The van der Waals surface area contributed by atoms with Gasteiger partial charge in [0.25, 0.3) is 0 Å². The number of ketones is 2. The van der Waals surface area contributed by atoms with E-state index in [9.17, 15) is 29.7 Å². The van der Waals surface area contributed by atoms with Crippen LogP contribution < -0.4 is 0 Å². The highest BCUT2D eigenvalue weighted by atomic mass is 16.4. The van der Waals surface area contributed by atoms with E-state index in [-0.39, 0.29) is 16.7 Å². The lowest BCUT2D eigenvalue weighted by atomic mass is 9.81. The number of phenolic OH excluding ortho intramolecular Hbond substituents is 3. The minimum atomic E-state index is -1.40. The summed E-state index contributed by atoms with van der Waals surface area (Å²) in [4.78, 5) is 36.1. The van der Waals surface area contributed by atoms with Crippen molar-refractivity contribution in [3.8, 4) is 17.2 Å². The SMILES string of the molecule is O=C(O)c1cccc2c1C(=O)c1c(O)cc(O)c(O)c1C2=O. The first-order valence-electron chi connectivity index (χ1n) is 6.08. The fraction of sp³-hybridized carbons (Fsp3) is 0. The molecule has 1 aliphatic rings. The van der Waals surface area contributed by atoms with Gasteiger partial charge >= 0.3 is 5.97 Å². The fourth-order valence-electron chi connectivity index (χ4n) is 2.52. The largest absolute Gasteiger partial charge is 0.507 e. The van der Waals surface area contributed by atoms with Crippen molar-refractivity contribution < 1.29 is 34.8 Å². The van der Waals surface area contributed by atoms with Gasteiger partial charge in [0, 0.05) is 17.2 Å². The summed E-state index contributed by atoms with van der Waals surface area (Å²) in [5.74, 6) is -5.46. The Morgan fingerprint density at radius 3 is 2.18 bits per heavy atom. The van der Waals surface area contributed by atoms with E-state index in [1.54, 1.807) is 0 Å². The molecule has 0 bridgehead atoms. The van der Waals surface area contributed by atoms with Crippen molar-refractivity contribution in [3.63, 3.8) is 0 Å². The van der Waals surface area contributed by atoms with Crippen LogP contribution in [0.3, 0.4) is 0 Å². The monoisotopic (exact) mass is 300 g/mol. The van der Waals surface area contributed by atoms with Crippen molar-refractivity contribution >= 4 is 17.5 Å². The van der Waals surface area contributed by atoms with Crippen molar-refractivity contribution in [2.24, 2.45) is 0 Å². The minimum Gasteiger partial charge on any atom is -0.507 e. The average molecular weight is 300 g/mol. The van der Waals surface area contributed by atoms with Crippen LogP contribution >= 0.6 is 0 Å². The number of hydrogen-bond acceptors (Lipinski definition) is 6. The Balaban J connectivity index is 2.43. The second-order valence-corrected chi connectivity index (χ2v) is 4.70. The Kier molecular flexibility index (Phi) is 2.68. The molecule has 0 aliphatic heterocycles. The zero-order valence-corrected chi connectivity index (χ0v) is 10.8. The number of aromatic carboxylic acids is 1. The highest BCUT2D eigenvalue weighted by molar-refractivity contribution is 6.32. The Labute approximate surface area is 122 Å². The van der Waals surface area contributed by atoms with E-state index >= 15 is 0 Å². The number of fused-ring (bicyclic) bond motifs is 2.